The summed E-state index contributed by atoms with van der Waals surface area (Å²) in [5, 5.41) is 1.88. The number of ether oxygens (including phenoxy) is 8. The van der Waals surface area contributed by atoms with Crippen LogP contribution < -0.4 is 10.4 Å². The molecule has 0 aliphatic carbocycles. The average Bonchev–Trinajstić information content (AvgIpc) is 3.52. The van der Waals surface area contributed by atoms with Gasteiger partial charge in [-0.05, 0) is 15.4 Å². The highest BCUT2D eigenvalue weighted by atomic mass is 28.4. The van der Waals surface area contributed by atoms with Gasteiger partial charge in [-0.25, -0.2) is 0 Å². The van der Waals surface area contributed by atoms with E-state index in [2.05, 4.69) is 45.0 Å². The van der Waals surface area contributed by atoms with Gasteiger partial charge >= 0.3 is 17.9 Å². The lowest BCUT2D eigenvalue weighted by Gasteiger charge is -2.43. The maximum Gasteiger partial charge on any atom is 0.303 e. The molecule has 2 aliphatic heterocycles. The number of hydrogen-bond donors (Lipinski definition) is 0. The first-order valence-electron chi connectivity index (χ1n) is 15.6. The molecule has 0 radical (unpaired) electrons. The minimum absolute atomic E-state index is 0.0901. The first-order valence-corrected chi connectivity index (χ1v) is 17.5. The number of carbonyl (C=O) groups is 3. The second-order valence-corrected chi connectivity index (χ2v) is 16.9. The van der Waals surface area contributed by atoms with E-state index in [1.54, 1.807) is 0 Å². The zero-order valence-electron chi connectivity index (χ0n) is 28.2. The molecule has 0 unspecified atom stereocenters. The Morgan fingerprint density at radius 2 is 1.17 bits per heavy atom. The molecule has 13 heteroatoms. The predicted octanol–water partition coefficient (Wildman–Crippen LogP) is 2.49. The van der Waals surface area contributed by atoms with Crippen LogP contribution in [0.5, 0.6) is 0 Å². The highest BCUT2D eigenvalue weighted by Gasteiger charge is 2.56. The van der Waals surface area contributed by atoms with Crippen LogP contribution in [0.4, 0.5) is 0 Å². The van der Waals surface area contributed by atoms with Gasteiger partial charge in [-0.1, -0.05) is 81.4 Å². The molecule has 2 aliphatic rings. The third-order valence-electron chi connectivity index (χ3n) is 8.27. The summed E-state index contributed by atoms with van der Waals surface area (Å²) in [6.07, 6.45) is -7.68. The van der Waals surface area contributed by atoms with Crippen molar-refractivity contribution in [3.8, 4) is 0 Å². The summed E-state index contributed by atoms with van der Waals surface area (Å²) in [6.45, 7) is 10.0. The van der Waals surface area contributed by atoms with Crippen molar-refractivity contribution < 1.29 is 56.7 Å². The topological polar surface area (TPSA) is 134 Å². The molecule has 0 spiro atoms. The molecule has 2 aromatic rings. The van der Waals surface area contributed by atoms with Gasteiger partial charge in [-0.2, -0.15) is 0 Å². The molecule has 2 saturated heterocycles. The fraction of sp³-hybridized carbons (Fsp3) is 0.559. The standard InChI is InChI=1S/C34H46O12Si/c1-21(35)40-19-26-29(42-22(2)36)31(43-23(3)37)33(45-26)46-28-27(44-32(39-8)30(28)38-7)20-41-47(34(4,5)6,24-15-11-9-12-16-24)25-17-13-10-14-18-25/h9-18,26-33H,19-20H2,1-8H3/t26-,27+,28-,29-,30-,31+,32-,33-/m0/s1. The van der Waals surface area contributed by atoms with Gasteiger partial charge in [0, 0.05) is 35.0 Å². The molecule has 0 amide bonds. The number of benzene rings is 2. The van der Waals surface area contributed by atoms with Crippen LogP contribution in [0, 0.1) is 0 Å². The van der Waals surface area contributed by atoms with E-state index in [-0.39, 0.29) is 18.3 Å². The zero-order valence-corrected chi connectivity index (χ0v) is 29.2. The van der Waals surface area contributed by atoms with Crippen molar-refractivity contribution in [1.29, 1.82) is 0 Å². The van der Waals surface area contributed by atoms with Crippen molar-refractivity contribution in [2.45, 2.75) is 95.8 Å². The molecule has 4 rings (SSSR count). The second kappa shape index (κ2) is 15.8. The molecular weight excluding hydrogens is 628 g/mol. The Labute approximate surface area is 277 Å². The molecule has 2 fully saturated rings. The first-order chi connectivity index (χ1) is 22.3. The summed E-state index contributed by atoms with van der Waals surface area (Å²) >= 11 is 0. The van der Waals surface area contributed by atoms with Gasteiger partial charge < -0.3 is 42.3 Å². The molecule has 47 heavy (non-hydrogen) atoms. The van der Waals surface area contributed by atoms with Crippen molar-refractivity contribution in [1.82, 2.24) is 0 Å². The number of esters is 3. The Balaban J connectivity index is 1.69. The zero-order chi connectivity index (χ0) is 34.4. The normalized spacial score (nSPS) is 27.7. The number of hydrogen-bond acceptors (Lipinski definition) is 12. The van der Waals surface area contributed by atoms with E-state index in [0.29, 0.717) is 0 Å². The number of rotatable bonds is 13. The molecule has 0 saturated carbocycles. The van der Waals surface area contributed by atoms with Crippen molar-refractivity contribution >= 4 is 36.6 Å². The van der Waals surface area contributed by atoms with Crippen LogP contribution in [0.3, 0.4) is 0 Å². The third kappa shape index (κ3) is 8.28. The summed E-state index contributed by atoms with van der Waals surface area (Å²) in [6, 6.07) is 20.4. The number of carbonyl (C=O) groups excluding carboxylic acids is 3. The summed E-state index contributed by atoms with van der Waals surface area (Å²) in [4.78, 5) is 35.9. The van der Waals surface area contributed by atoms with E-state index in [9.17, 15) is 14.4 Å². The van der Waals surface area contributed by atoms with Crippen molar-refractivity contribution in [2.24, 2.45) is 0 Å². The van der Waals surface area contributed by atoms with Gasteiger partial charge in [-0.3, -0.25) is 14.4 Å². The average molecular weight is 675 g/mol. The van der Waals surface area contributed by atoms with Crippen molar-refractivity contribution in [3.63, 3.8) is 0 Å². The van der Waals surface area contributed by atoms with E-state index in [1.807, 2.05) is 36.4 Å². The SMILES string of the molecule is CO[C@H]1O[C@H](CO[Si](c2ccccc2)(c2ccccc2)C(C)(C)C)[C@H](O[C@@H]2O[C@@H](COC(C)=O)[C@H](OC(C)=O)[C@H]2OC(C)=O)[C@@H]1OC. The maximum absolute atomic E-state index is 12.2. The van der Waals surface area contributed by atoms with Crippen LogP contribution in [0.2, 0.25) is 5.04 Å². The van der Waals surface area contributed by atoms with E-state index >= 15 is 0 Å². The van der Waals surface area contributed by atoms with Crippen LogP contribution in [0.25, 0.3) is 0 Å². The summed E-state index contributed by atoms with van der Waals surface area (Å²) < 4.78 is 53.8. The van der Waals surface area contributed by atoms with Gasteiger partial charge in [-0.15, -0.1) is 0 Å². The fourth-order valence-corrected chi connectivity index (χ4v) is 10.9. The van der Waals surface area contributed by atoms with Gasteiger partial charge in [0.05, 0.1) is 6.61 Å². The lowest BCUT2D eigenvalue weighted by atomic mass is 10.1. The van der Waals surface area contributed by atoms with E-state index in [1.165, 1.54) is 35.0 Å². The minimum atomic E-state index is -2.98. The summed E-state index contributed by atoms with van der Waals surface area (Å²) in [7, 11) is 0.0287. The molecule has 8 atom stereocenters. The molecule has 0 bridgehead atoms. The van der Waals surface area contributed by atoms with Gasteiger partial charge in [0.25, 0.3) is 8.32 Å². The lowest BCUT2D eigenvalue weighted by molar-refractivity contribution is -0.224. The van der Waals surface area contributed by atoms with Crippen molar-refractivity contribution in [2.75, 3.05) is 27.4 Å². The van der Waals surface area contributed by atoms with Crippen LogP contribution in [0.15, 0.2) is 60.7 Å². The summed E-state index contributed by atoms with van der Waals surface area (Å²) in [5.41, 5.74) is 0. The van der Waals surface area contributed by atoms with Gasteiger partial charge in [0.15, 0.2) is 24.8 Å². The van der Waals surface area contributed by atoms with Crippen LogP contribution >= 0.6 is 0 Å². The molecule has 12 nitrogen and oxygen atoms in total. The molecule has 0 N–H and O–H groups in total. The lowest BCUT2D eigenvalue weighted by Crippen LogP contribution is -2.67. The molecule has 2 aromatic carbocycles. The summed E-state index contributed by atoms with van der Waals surface area (Å²) in [5.74, 6) is -1.85. The first kappa shape index (κ1) is 36.7. The quantitative estimate of drug-likeness (QED) is 0.176. The van der Waals surface area contributed by atoms with Crippen LogP contribution in [0.1, 0.15) is 41.5 Å². The van der Waals surface area contributed by atoms with Crippen LogP contribution in [-0.4, -0.2) is 103 Å². The Kier molecular flexibility index (Phi) is 12.3. The monoisotopic (exact) mass is 674 g/mol. The van der Waals surface area contributed by atoms with Gasteiger partial charge in [0.2, 0.25) is 0 Å². The molecule has 2 heterocycles. The predicted molar refractivity (Wildman–Crippen MR) is 171 cm³/mol. The Morgan fingerprint density at radius 3 is 1.64 bits per heavy atom. The Hall–Kier alpha value is -3.17. The van der Waals surface area contributed by atoms with E-state index in [4.69, 9.17) is 42.3 Å². The Bertz CT molecular complexity index is 1290. The third-order valence-corrected chi connectivity index (χ3v) is 13.3. The minimum Gasteiger partial charge on any atom is -0.463 e. The maximum atomic E-state index is 12.2. The fourth-order valence-electron chi connectivity index (χ4n) is 6.34. The van der Waals surface area contributed by atoms with E-state index < -0.39 is 75.4 Å². The highest BCUT2D eigenvalue weighted by molar-refractivity contribution is 6.99. The molecule has 258 valence electrons. The smallest absolute Gasteiger partial charge is 0.303 e. The second-order valence-electron chi connectivity index (χ2n) is 12.5. The number of methoxy groups -OCH3 is 2. The molecular formula is C34H46O12Si. The van der Waals surface area contributed by atoms with E-state index in [0.717, 1.165) is 10.4 Å². The molecule has 0 aromatic heterocycles. The van der Waals surface area contributed by atoms with Gasteiger partial charge in [0.1, 0.15) is 31.0 Å². The largest absolute Gasteiger partial charge is 0.463 e. The van der Waals surface area contributed by atoms with Crippen molar-refractivity contribution in [3.05, 3.63) is 60.7 Å². The Morgan fingerprint density at radius 1 is 0.660 bits per heavy atom. The highest BCUT2D eigenvalue weighted by Crippen LogP contribution is 2.39. The van der Waals surface area contributed by atoms with Crippen LogP contribution in [-0.2, 0) is 56.7 Å².